The molecular weight excluding hydrogens is 480 g/mol. The van der Waals surface area contributed by atoms with Crippen LogP contribution in [0.2, 0.25) is 0 Å². The number of hydrogen-bond donors (Lipinski definition) is 6. The molecule has 0 amide bonds. The lowest BCUT2D eigenvalue weighted by atomic mass is 9.92. The number of nitrogens with two attached hydrogens (primary N) is 1. The summed E-state index contributed by atoms with van der Waals surface area (Å²) in [5.41, 5.74) is 7.58. The highest BCUT2D eigenvalue weighted by Gasteiger charge is 2.48. The van der Waals surface area contributed by atoms with Crippen molar-refractivity contribution >= 4 is 44.7 Å². The molecule has 34 heavy (non-hydrogen) atoms. The molecule has 12 nitrogen and oxygen atoms in total. The normalized spacial score (nSPS) is 20.9. The van der Waals surface area contributed by atoms with E-state index < -0.39 is 21.1 Å². The Morgan fingerprint density at radius 3 is 2.47 bits per heavy atom. The van der Waals surface area contributed by atoms with Crippen LogP contribution in [-0.2, 0) is 20.8 Å². The van der Waals surface area contributed by atoms with Gasteiger partial charge in [0, 0.05) is 29.9 Å². The lowest BCUT2D eigenvalue weighted by Crippen LogP contribution is -2.33. The van der Waals surface area contributed by atoms with Gasteiger partial charge < -0.3 is 35.8 Å². The Morgan fingerprint density at radius 1 is 1.21 bits per heavy atom. The number of fused-ring (bicyclic) bond motifs is 1. The van der Waals surface area contributed by atoms with E-state index in [1.807, 2.05) is 11.5 Å². The minimum absolute atomic E-state index is 0.177. The van der Waals surface area contributed by atoms with Gasteiger partial charge in [-0.25, -0.2) is 4.98 Å². The van der Waals surface area contributed by atoms with E-state index in [1.165, 1.54) is 24.3 Å². The molecule has 1 aliphatic rings. The fourth-order valence-corrected chi connectivity index (χ4v) is 5.13. The molecule has 0 bridgehead atoms. The average Bonchev–Trinajstić information content (AvgIpc) is 3.23. The molecule has 0 saturated heterocycles. The first kappa shape index (κ1) is 24.7. The standard InChI is InChI=1S/C20H27N7O5P2/c1-2-27-11-22-16-17(25-19(26-18(16)27)24-15-9-5-13(21)6-10-15)23-14-7-3-12(4-8-14)20(28,33-29)34(30,31)32/h3-4,7-8,11,13,15,28H,2,5-6,9-10,21H2,1H3,(H2,30,31,32)(H2,23,24,25,26). The van der Waals surface area contributed by atoms with Gasteiger partial charge in [0.2, 0.25) is 14.4 Å². The Kier molecular flexibility index (Phi) is 7.00. The number of hydrogen-bond acceptors (Lipinski definition) is 9. The zero-order valence-electron chi connectivity index (χ0n) is 18.5. The van der Waals surface area contributed by atoms with E-state index in [0.29, 0.717) is 35.2 Å². The summed E-state index contributed by atoms with van der Waals surface area (Å²) in [5, 5.41) is 14.0. The summed E-state index contributed by atoms with van der Waals surface area (Å²) in [6, 6.07) is 6.04. The van der Waals surface area contributed by atoms with Crippen molar-refractivity contribution in [3.8, 4) is 0 Å². The maximum Gasteiger partial charge on any atom is 0.373 e. The number of imidazole rings is 1. The molecule has 2 aromatic heterocycles. The SMILES string of the molecule is CCn1cnc2c(Nc3ccc(C(O)(P=O)P(=O)(O)O)cc3)nc(NC3CCC(N)CC3)nc21. The molecule has 1 saturated carbocycles. The molecule has 3 aromatic rings. The Morgan fingerprint density at radius 2 is 1.88 bits per heavy atom. The average molecular weight is 507 g/mol. The first-order chi connectivity index (χ1) is 16.1. The van der Waals surface area contributed by atoms with Crippen LogP contribution in [0.1, 0.15) is 38.2 Å². The molecule has 1 aliphatic carbocycles. The van der Waals surface area contributed by atoms with Crippen molar-refractivity contribution in [1.29, 1.82) is 0 Å². The maximum absolute atomic E-state index is 11.6. The van der Waals surface area contributed by atoms with Gasteiger partial charge in [0.05, 0.1) is 6.33 Å². The number of aryl methyl sites for hydroxylation is 1. The molecule has 1 aromatic carbocycles. The molecule has 0 spiro atoms. The van der Waals surface area contributed by atoms with Gasteiger partial charge in [0.1, 0.15) is 0 Å². The largest absolute Gasteiger partial charge is 0.373 e. The maximum atomic E-state index is 11.6. The fraction of sp³-hybridized carbons (Fsp3) is 0.450. The minimum atomic E-state index is -5.09. The van der Waals surface area contributed by atoms with Gasteiger partial charge >= 0.3 is 7.60 Å². The fourth-order valence-electron chi connectivity index (χ4n) is 3.96. The third-order valence-corrected chi connectivity index (χ3v) is 8.59. The molecule has 1 fully saturated rings. The van der Waals surface area contributed by atoms with Crippen molar-refractivity contribution in [2.24, 2.45) is 5.73 Å². The van der Waals surface area contributed by atoms with Gasteiger partial charge in [-0.3, -0.25) is 9.13 Å². The second kappa shape index (κ2) is 9.65. The molecule has 1 atom stereocenters. The summed E-state index contributed by atoms with van der Waals surface area (Å²) in [5.74, 6) is 0.912. The lowest BCUT2D eigenvalue weighted by molar-refractivity contribution is 0.168. The van der Waals surface area contributed by atoms with Crippen LogP contribution in [-0.4, -0.2) is 46.5 Å². The number of rotatable bonds is 8. The highest BCUT2D eigenvalue weighted by Crippen LogP contribution is 2.61. The van der Waals surface area contributed by atoms with E-state index in [4.69, 9.17) is 5.73 Å². The van der Waals surface area contributed by atoms with E-state index in [9.17, 15) is 24.0 Å². The second-order valence-electron chi connectivity index (χ2n) is 8.33. The Hall–Kier alpha value is -2.46. The van der Waals surface area contributed by atoms with Crippen LogP contribution in [0.5, 0.6) is 0 Å². The van der Waals surface area contributed by atoms with Crippen LogP contribution in [0.15, 0.2) is 30.6 Å². The molecule has 7 N–H and O–H groups in total. The molecule has 2 heterocycles. The van der Waals surface area contributed by atoms with Gasteiger partial charge in [0.15, 0.2) is 17.0 Å². The van der Waals surface area contributed by atoms with Crippen LogP contribution < -0.4 is 16.4 Å². The van der Waals surface area contributed by atoms with Crippen LogP contribution in [0.25, 0.3) is 11.2 Å². The Balaban J connectivity index is 1.64. The first-order valence-corrected chi connectivity index (χ1v) is 13.3. The number of nitrogens with zero attached hydrogens (tertiary/aromatic N) is 4. The van der Waals surface area contributed by atoms with Crippen molar-refractivity contribution in [3.05, 3.63) is 36.2 Å². The van der Waals surface area contributed by atoms with Gasteiger partial charge in [-0.05, 0) is 44.7 Å². The van der Waals surface area contributed by atoms with Crippen molar-refractivity contribution in [1.82, 2.24) is 19.5 Å². The van der Waals surface area contributed by atoms with Gasteiger partial charge in [0.25, 0.3) is 5.08 Å². The van der Waals surface area contributed by atoms with Crippen LogP contribution in [0.3, 0.4) is 0 Å². The Bertz CT molecular complexity index is 1220. The van der Waals surface area contributed by atoms with Crippen molar-refractivity contribution in [2.45, 2.75) is 56.3 Å². The zero-order chi connectivity index (χ0) is 24.5. The molecular formula is C20H27N7O5P2. The summed E-state index contributed by atoms with van der Waals surface area (Å²) >= 11 is 0. The summed E-state index contributed by atoms with van der Waals surface area (Å²) in [6.07, 6.45) is 5.43. The summed E-state index contributed by atoms with van der Waals surface area (Å²) in [6.45, 7) is 2.66. The predicted molar refractivity (Wildman–Crippen MR) is 128 cm³/mol. The number of aromatic nitrogens is 4. The monoisotopic (exact) mass is 507 g/mol. The predicted octanol–water partition coefficient (Wildman–Crippen LogP) is 2.84. The van der Waals surface area contributed by atoms with E-state index >= 15 is 0 Å². The lowest BCUT2D eigenvalue weighted by Gasteiger charge is -2.26. The van der Waals surface area contributed by atoms with Crippen LogP contribution >= 0.6 is 16.1 Å². The van der Waals surface area contributed by atoms with Gasteiger partial charge in [-0.15, -0.1) is 0 Å². The number of anilines is 3. The van der Waals surface area contributed by atoms with Crippen molar-refractivity contribution in [2.75, 3.05) is 10.6 Å². The second-order valence-corrected chi connectivity index (χ2v) is 11.2. The molecule has 4 rings (SSSR count). The first-order valence-electron chi connectivity index (χ1n) is 10.9. The third-order valence-electron chi connectivity index (χ3n) is 5.98. The van der Waals surface area contributed by atoms with Crippen molar-refractivity contribution in [3.63, 3.8) is 0 Å². The topological polar surface area (TPSA) is 189 Å². The molecule has 1 unspecified atom stereocenters. The van der Waals surface area contributed by atoms with Gasteiger partial charge in [-0.1, -0.05) is 12.1 Å². The van der Waals surface area contributed by atoms with Crippen LogP contribution in [0, 0.1) is 0 Å². The van der Waals surface area contributed by atoms with E-state index in [0.717, 1.165) is 25.7 Å². The molecule has 0 aliphatic heterocycles. The molecule has 14 heteroatoms. The van der Waals surface area contributed by atoms with E-state index in [-0.39, 0.29) is 17.6 Å². The number of benzene rings is 1. The smallest absolute Gasteiger partial charge is 0.364 e. The minimum Gasteiger partial charge on any atom is -0.364 e. The van der Waals surface area contributed by atoms with Crippen LogP contribution in [0.4, 0.5) is 17.5 Å². The summed E-state index contributed by atoms with van der Waals surface area (Å²) < 4.78 is 24.9. The highest BCUT2D eigenvalue weighted by molar-refractivity contribution is 7.62. The van der Waals surface area contributed by atoms with Crippen molar-refractivity contribution < 1.29 is 24.0 Å². The van der Waals surface area contributed by atoms with E-state index in [1.54, 1.807) is 6.33 Å². The third kappa shape index (κ3) is 4.84. The number of aliphatic hydroxyl groups is 1. The Labute approximate surface area is 197 Å². The van der Waals surface area contributed by atoms with Gasteiger partial charge in [-0.2, -0.15) is 9.97 Å². The summed E-state index contributed by atoms with van der Waals surface area (Å²) in [4.78, 5) is 32.5. The van der Waals surface area contributed by atoms with E-state index in [2.05, 4.69) is 25.6 Å². The summed E-state index contributed by atoms with van der Waals surface area (Å²) in [7, 11) is -6.19. The highest BCUT2D eigenvalue weighted by atomic mass is 31.2. The molecule has 182 valence electrons. The molecule has 0 radical (unpaired) electrons. The zero-order valence-corrected chi connectivity index (χ0v) is 20.3. The number of nitrogens with one attached hydrogen (secondary N) is 2. The quantitative estimate of drug-likeness (QED) is 0.246.